The van der Waals surface area contributed by atoms with Crippen LogP contribution in [-0.2, 0) is 14.3 Å². The smallest absolute Gasteiger partial charge is 0.254 e. The quantitative estimate of drug-likeness (QED) is 0.835. The van der Waals surface area contributed by atoms with E-state index >= 15 is 0 Å². The molecule has 5 heteroatoms. The average molecular weight is 297 g/mol. The lowest BCUT2D eigenvalue weighted by atomic mass is 9.78. The van der Waals surface area contributed by atoms with Crippen LogP contribution in [-0.4, -0.2) is 60.5 Å². The maximum absolute atomic E-state index is 12.8. The third kappa shape index (κ3) is 3.41. The molecule has 0 aromatic carbocycles. The van der Waals surface area contributed by atoms with Gasteiger partial charge in [-0.15, -0.1) is 0 Å². The highest BCUT2D eigenvalue weighted by molar-refractivity contribution is 5.81. The zero-order valence-corrected chi connectivity index (χ0v) is 12.7. The third-order valence-electron chi connectivity index (χ3n) is 5.20. The van der Waals surface area contributed by atoms with E-state index in [1.54, 1.807) is 0 Å². The zero-order valence-electron chi connectivity index (χ0n) is 12.7. The summed E-state index contributed by atoms with van der Waals surface area (Å²) in [6.45, 7) is 2.25. The lowest BCUT2D eigenvalue weighted by Crippen LogP contribution is -2.55. The van der Waals surface area contributed by atoms with E-state index in [4.69, 9.17) is 9.47 Å². The summed E-state index contributed by atoms with van der Waals surface area (Å²) in [5, 5.41) is 10.3. The van der Waals surface area contributed by atoms with Gasteiger partial charge in [0.25, 0.3) is 5.91 Å². The van der Waals surface area contributed by atoms with E-state index in [-0.39, 0.29) is 24.0 Å². The van der Waals surface area contributed by atoms with E-state index in [9.17, 15) is 9.90 Å². The first kappa shape index (κ1) is 15.3. The minimum Gasteiger partial charge on any atom is -0.393 e. The molecule has 0 aromatic heterocycles. The summed E-state index contributed by atoms with van der Waals surface area (Å²) in [5.74, 6) is 0.310. The van der Waals surface area contributed by atoms with Crippen LogP contribution in [0.15, 0.2) is 0 Å². The van der Waals surface area contributed by atoms with Gasteiger partial charge in [0.05, 0.1) is 25.9 Å². The fourth-order valence-electron chi connectivity index (χ4n) is 4.08. The van der Waals surface area contributed by atoms with Crippen molar-refractivity contribution in [2.45, 2.75) is 63.2 Å². The summed E-state index contributed by atoms with van der Waals surface area (Å²) < 4.78 is 11.0. The molecule has 3 rings (SSSR count). The molecule has 4 unspecified atom stereocenters. The third-order valence-corrected chi connectivity index (χ3v) is 5.20. The number of hydrogen-bond donors (Lipinski definition) is 1. The molecule has 120 valence electrons. The van der Waals surface area contributed by atoms with Crippen LogP contribution in [0.1, 0.15) is 44.9 Å². The number of nitrogens with zero attached hydrogens (tertiary/aromatic N) is 1. The molecule has 1 saturated carbocycles. The number of likely N-dealkylation sites (tertiary alicyclic amines) is 1. The van der Waals surface area contributed by atoms with Crippen LogP contribution in [0.3, 0.4) is 0 Å². The summed E-state index contributed by atoms with van der Waals surface area (Å²) >= 11 is 0. The predicted molar refractivity (Wildman–Crippen MR) is 77.9 cm³/mol. The van der Waals surface area contributed by atoms with Gasteiger partial charge in [-0.1, -0.05) is 12.8 Å². The molecule has 21 heavy (non-hydrogen) atoms. The van der Waals surface area contributed by atoms with E-state index in [0.717, 1.165) is 45.1 Å². The number of carbonyl (C=O) groups is 1. The molecular weight excluding hydrogens is 270 g/mol. The normalized spacial score (nSPS) is 38.2. The van der Waals surface area contributed by atoms with Crippen molar-refractivity contribution in [3.05, 3.63) is 0 Å². The van der Waals surface area contributed by atoms with Crippen LogP contribution in [0.25, 0.3) is 0 Å². The zero-order chi connectivity index (χ0) is 14.7. The SMILES string of the molecule is O=C(C1COCCO1)N1CCCCC1C1CCCCC1O. The molecule has 5 nitrogen and oxygen atoms in total. The number of carbonyl (C=O) groups excluding carboxylic acids is 1. The van der Waals surface area contributed by atoms with Crippen molar-refractivity contribution in [1.29, 1.82) is 0 Å². The summed E-state index contributed by atoms with van der Waals surface area (Å²) in [6.07, 6.45) is 6.73. The Labute approximate surface area is 126 Å². The van der Waals surface area contributed by atoms with Gasteiger partial charge in [-0.25, -0.2) is 0 Å². The molecular formula is C16H27NO4. The number of hydrogen-bond acceptors (Lipinski definition) is 4. The van der Waals surface area contributed by atoms with Gasteiger partial charge in [0.2, 0.25) is 0 Å². The Bertz CT molecular complexity index is 356. The number of piperidine rings is 1. The Kier molecular flexibility index (Phi) is 5.14. The molecule has 1 N–H and O–H groups in total. The van der Waals surface area contributed by atoms with Crippen LogP contribution >= 0.6 is 0 Å². The van der Waals surface area contributed by atoms with Gasteiger partial charge in [-0.05, 0) is 32.1 Å². The lowest BCUT2D eigenvalue weighted by Gasteiger charge is -2.44. The fourth-order valence-corrected chi connectivity index (χ4v) is 4.08. The van der Waals surface area contributed by atoms with E-state index in [1.807, 2.05) is 4.90 Å². The molecule has 3 fully saturated rings. The van der Waals surface area contributed by atoms with E-state index in [2.05, 4.69) is 0 Å². The van der Waals surface area contributed by atoms with Gasteiger partial charge < -0.3 is 19.5 Å². The maximum Gasteiger partial charge on any atom is 0.254 e. The molecule has 1 aliphatic carbocycles. The minimum absolute atomic E-state index is 0.0668. The molecule has 2 heterocycles. The van der Waals surface area contributed by atoms with Gasteiger partial charge in [0.1, 0.15) is 0 Å². The Morgan fingerprint density at radius 2 is 1.86 bits per heavy atom. The minimum atomic E-state index is -0.444. The van der Waals surface area contributed by atoms with Crippen molar-refractivity contribution in [1.82, 2.24) is 4.90 Å². The maximum atomic E-state index is 12.8. The molecule has 0 spiro atoms. The van der Waals surface area contributed by atoms with Crippen LogP contribution in [0.5, 0.6) is 0 Å². The second-order valence-corrected chi connectivity index (χ2v) is 6.54. The summed E-state index contributed by atoms with van der Waals surface area (Å²) in [5.41, 5.74) is 0. The average Bonchev–Trinajstić information content (AvgIpc) is 2.55. The highest BCUT2D eigenvalue weighted by atomic mass is 16.6. The summed E-state index contributed by atoms with van der Waals surface area (Å²) in [7, 11) is 0. The van der Waals surface area contributed by atoms with Crippen LogP contribution in [0, 0.1) is 5.92 Å². The molecule has 4 atom stereocenters. The largest absolute Gasteiger partial charge is 0.393 e. The Balaban J connectivity index is 1.69. The number of ether oxygens (including phenoxy) is 2. The molecule has 0 aromatic rings. The van der Waals surface area contributed by atoms with Crippen molar-refractivity contribution in [2.75, 3.05) is 26.4 Å². The van der Waals surface area contributed by atoms with Crippen molar-refractivity contribution < 1.29 is 19.4 Å². The van der Waals surface area contributed by atoms with Gasteiger partial charge in [0.15, 0.2) is 6.10 Å². The molecule has 2 aliphatic heterocycles. The Morgan fingerprint density at radius 3 is 2.62 bits per heavy atom. The first-order valence-electron chi connectivity index (χ1n) is 8.45. The van der Waals surface area contributed by atoms with Gasteiger partial charge in [0, 0.05) is 18.5 Å². The summed E-state index contributed by atoms with van der Waals surface area (Å²) in [6, 6.07) is 0.187. The predicted octanol–water partition coefficient (Wildman–Crippen LogP) is 1.33. The monoisotopic (exact) mass is 297 g/mol. The highest BCUT2D eigenvalue weighted by Crippen LogP contribution is 2.34. The highest BCUT2D eigenvalue weighted by Gasteiger charge is 2.40. The van der Waals surface area contributed by atoms with E-state index in [0.29, 0.717) is 19.8 Å². The second kappa shape index (κ2) is 7.07. The molecule has 1 amide bonds. The Morgan fingerprint density at radius 1 is 1.05 bits per heavy atom. The van der Waals surface area contributed by atoms with Crippen molar-refractivity contribution in [2.24, 2.45) is 5.92 Å². The molecule has 3 aliphatic rings. The second-order valence-electron chi connectivity index (χ2n) is 6.54. The standard InChI is InChI=1S/C16H27NO4/c18-14-7-2-1-5-12(14)13-6-3-4-8-17(13)16(19)15-11-20-9-10-21-15/h12-15,18H,1-11H2. The van der Waals surface area contributed by atoms with Crippen molar-refractivity contribution >= 4 is 5.91 Å². The Hall–Kier alpha value is -0.650. The van der Waals surface area contributed by atoms with Crippen molar-refractivity contribution in [3.63, 3.8) is 0 Å². The van der Waals surface area contributed by atoms with E-state index < -0.39 is 6.10 Å². The van der Waals surface area contributed by atoms with Gasteiger partial charge in [-0.2, -0.15) is 0 Å². The fraction of sp³-hybridized carbons (Fsp3) is 0.938. The topological polar surface area (TPSA) is 59.0 Å². The van der Waals surface area contributed by atoms with Crippen molar-refractivity contribution in [3.8, 4) is 0 Å². The first-order valence-corrected chi connectivity index (χ1v) is 8.45. The number of aliphatic hydroxyl groups is 1. The molecule has 0 bridgehead atoms. The molecule has 0 radical (unpaired) electrons. The number of rotatable bonds is 2. The van der Waals surface area contributed by atoms with E-state index in [1.165, 1.54) is 6.42 Å². The first-order chi connectivity index (χ1) is 10.3. The number of amides is 1. The van der Waals surface area contributed by atoms with Gasteiger partial charge >= 0.3 is 0 Å². The van der Waals surface area contributed by atoms with Gasteiger partial charge in [-0.3, -0.25) is 4.79 Å². The van der Waals surface area contributed by atoms with Crippen LogP contribution in [0.4, 0.5) is 0 Å². The summed E-state index contributed by atoms with van der Waals surface area (Å²) in [4.78, 5) is 14.7. The van der Waals surface area contributed by atoms with Crippen LogP contribution in [0.2, 0.25) is 0 Å². The number of aliphatic hydroxyl groups excluding tert-OH is 1. The van der Waals surface area contributed by atoms with Crippen LogP contribution < -0.4 is 0 Å². The molecule has 2 saturated heterocycles. The lowest BCUT2D eigenvalue weighted by molar-refractivity contribution is -0.164.